The van der Waals surface area contributed by atoms with E-state index in [0.717, 1.165) is 11.8 Å². The van der Waals surface area contributed by atoms with Crippen molar-refractivity contribution in [1.29, 1.82) is 0 Å². The summed E-state index contributed by atoms with van der Waals surface area (Å²) in [6.45, 7) is 1.89. The van der Waals surface area contributed by atoms with Crippen molar-refractivity contribution < 1.29 is 45.8 Å². The largest absolute Gasteiger partial charge is 0.490 e. The first-order valence-corrected chi connectivity index (χ1v) is 10.7. The first-order chi connectivity index (χ1) is 15.6. The zero-order valence-electron chi connectivity index (χ0n) is 16.7. The highest BCUT2D eigenvalue weighted by Crippen LogP contribution is 2.29. The van der Waals surface area contributed by atoms with Crippen LogP contribution in [-0.2, 0) is 4.79 Å². The van der Waals surface area contributed by atoms with Gasteiger partial charge in [0.2, 0.25) is 0 Å². The predicted octanol–water partition coefficient (Wildman–Crippen LogP) is 5.40. The number of carboxylic acids is 1. The van der Waals surface area contributed by atoms with Crippen molar-refractivity contribution >= 4 is 57.9 Å². The summed E-state index contributed by atoms with van der Waals surface area (Å²) < 4.78 is 69.2. The molecule has 1 N–H and O–H groups in total. The Labute approximate surface area is 202 Å². The minimum absolute atomic E-state index is 0.116. The molecule has 2 aromatic rings. The Morgan fingerprint density at radius 2 is 1.35 bits per heavy atom. The summed E-state index contributed by atoms with van der Waals surface area (Å²) in [5, 5.41) is 8.02. The van der Waals surface area contributed by atoms with Gasteiger partial charge in [-0.1, -0.05) is 23.2 Å². The Morgan fingerprint density at radius 1 is 0.824 bits per heavy atom. The molecule has 6 nitrogen and oxygen atoms in total. The molecule has 1 aromatic carbocycles. The molecule has 3 rings (SSSR count). The smallest absolute Gasteiger partial charge is 0.475 e. The zero-order valence-corrected chi connectivity index (χ0v) is 19.0. The number of Topliss-reactive ketones (excluding diaryl/α,β-unsaturated/α-hetero) is 1. The Morgan fingerprint density at radius 3 is 1.82 bits per heavy atom. The number of carbonyl (C=O) groups is 3. The number of rotatable bonds is 3. The van der Waals surface area contributed by atoms with Gasteiger partial charge in [-0.25, -0.2) is 4.79 Å². The summed E-state index contributed by atoms with van der Waals surface area (Å²) in [6, 6.07) is 7.58. The van der Waals surface area contributed by atoms with E-state index in [1.807, 2.05) is 11.0 Å². The molecule has 1 aromatic heterocycles. The van der Waals surface area contributed by atoms with Gasteiger partial charge in [0.05, 0.1) is 19.8 Å². The first kappa shape index (κ1) is 27.7. The normalized spacial score (nSPS) is 14.4. The lowest BCUT2D eigenvalue weighted by Gasteiger charge is -2.36. The molecule has 1 aliphatic rings. The van der Waals surface area contributed by atoms with E-state index in [0.29, 0.717) is 47.6 Å². The second-order valence-electron chi connectivity index (χ2n) is 6.67. The quantitative estimate of drug-likeness (QED) is 0.409. The molecular weight excluding hydrogens is 537 g/mol. The second kappa shape index (κ2) is 10.8. The number of aliphatic carboxylic acids is 1. The molecule has 0 unspecified atom stereocenters. The number of alkyl halides is 6. The number of hydrogen-bond donors (Lipinski definition) is 1. The minimum Gasteiger partial charge on any atom is -0.475 e. The van der Waals surface area contributed by atoms with Gasteiger partial charge in [-0.05, 0) is 30.3 Å². The van der Waals surface area contributed by atoms with Gasteiger partial charge >= 0.3 is 18.3 Å². The molecule has 0 spiro atoms. The molecule has 1 amide bonds. The highest BCUT2D eigenvalue weighted by Gasteiger charge is 2.40. The van der Waals surface area contributed by atoms with Crippen LogP contribution in [0.2, 0.25) is 10.0 Å². The number of piperazine rings is 1. The average molecular weight is 551 g/mol. The van der Waals surface area contributed by atoms with E-state index in [2.05, 4.69) is 0 Å². The SMILES string of the molecule is O=C(O)C(F)(F)F.O=C(c1ccc(C(=O)C(F)(F)F)s1)N1CCN(c2ccc(Cl)c(Cl)c2)CC1. The van der Waals surface area contributed by atoms with Gasteiger partial charge < -0.3 is 14.9 Å². The van der Waals surface area contributed by atoms with Crippen LogP contribution >= 0.6 is 34.5 Å². The molecule has 0 bridgehead atoms. The fourth-order valence-electron chi connectivity index (χ4n) is 2.72. The number of thiophene rings is 1. The lowest BCUT2D eigenvalue weighted by atomic mass is 10.2. The molecule has 1 fully saturated rings. The van der Waals surface area contributed by atoms with Crippen LogP contribution in [0.5, 0.6) is 0 Å². The van der Waals surface area contributed by atoms with Gasteiger partial charge in [0.1, 0.15) is 0 Å². The topological polar surface area (TPSA) is 77.9 Å². The number of benzene rings is 1. The van der Waals surface area contributed by atoms with Gasteiger partial charge in [-0.15, -0.1) is 11.3 Å². The number of ketones is 1. The molecule has 1 saturated heterocycles. The number of amides is 1. The van der Waals surface area contributed by atoms with E-state index in [9.17, 15) is 35.9 Å². The van der Waals surface area contributed by atoms with E-state index in [4.69, 9.17) is 33.1 Å². The summed E-state index contributed by atoms with van der Waals surface area (Å²) in [7, 11) is 0. The maximum atomic E-state index is 12.5. The first-order valence-electron chi connectivity index (χ1n) is 9.12. The maximum absolute atomic E-state index is 12.5. The van der Waals surface area contributed by atoms with Gasteiger partial charge in [0.15, 0.2) is 0 Å². The summed E-state index contributed by atoms with van der Waals surface area (Å²) >= 11 is 12.5. The number of hydrogen-bond acceptors (Lipinski definition) is 5. The van der Waals surface area contributed by atoms with Gasteiger partial charge in [-0.3, -0.25) is 9.59 Å². The Bertz CT molecular complexity index is 1070. The van der Waals surface area contributed by atoms with Crippen LogP contribution in [0.1, 0.15) is 19.3 Å². The monoisotopic (exact) mass is 550 g/mol. The van der Waals surface area contributed by atoms with Crippen molar-refractivity contribution in [2.45, 2.75) is 12.4 Å². The van der Waals surface area contributed by atoms with Crippen molar-refractivity contribution in [2.24, 2.45) is 0 Å². The van der Waals surface area contributed by atoms with Crippen LogP contribution in [0.25, 0.3) is 0 Å². The molecule has 0 atom stereocenters. The molecule has 0 radical (unpaired) electrons. The Balaban J connectivity index is 0.000000509. The van der Waals surface area contributed by atoms with Crippen LogP contribution in [-0.4, -0.2) is 66.2 Å². The van der Waals surface area contributed by atoms with Crippen molar-refractivity contribution in [3.63, 3.8) is 0 Å². The van der Waals surface area contributed by atoms with E-state index in [1.54, 1.807) is 17.0 Å². The Hall–Kier alpha value is -2.51. The molecule has 2 heterocycles. The summed E-state index contributed by atoms with van der Waals surface area (Å²) in [5.41, 5.74) is 0.880. The van der Waals surface area contributed by atoms with E-state index in [-0.39, 0.29) is 10.8 Å². The van der Waals surface area contributed by atoms with Crippen molar-refractivity contribution in [2.75, 3.05) is 31.1 Å². The Kier molecular flexibility index (Phi) is 8.83. The fraction of sp³-hybridized carbons (Fsp3) is 0.316. The standard InChI is InChI=1S/C17H13Cl2F3N2O2S.C2HF3O2/c18-11-2-1-10(9-12(11)19)23-5-7-24(8-6-23)16(26)14-4-3-13(27-14)15(25)17(20,21)22;3-2(4,5)1(6)7/h1-4,9H,5-8H2;(H,6,7). The highest BCUT2D eigenvalue weighted by molar-refractivity contribution is 7.16. The summed E-state index contributed by atoms with van der Waals surface area (Å²) in [4.78, 5) is 35.9. The van der Waals surface area contributed by atoms with Gasteiger partial charge in [-0.2, -0.15) is 26.3 Å². The molecule has 0 saturated carbocycles. The summed E-state index contributed by atoms with van der Waals surface area (Å²) in [5.74, 6) is -5.07. The highest BCUT2D eigenvalue weighted by atomic mass is 35.5. The molecular formula is C19H14Cl2F6N2O4S. The van der Waals surface area contributed by atoms with Crippen molar-refractivity contribution in [1.82, 2.24) is 4.90 Å². The van der Waals surface area contributed by atoms with Crippen LogP contribution < -0.4 is 4.90 Å². The number of halogens is 8. The number of anilines is 1. The predicted molar refractivity (Wildman–Crippen MR) is 113 cm³/mol. The van der Waals surface area contributed by atoms with E-state index >= 15 is 0 Å². The zero-order chi connectivity index (χ0) is 25.8. The van der Waals surface area contributed by atoms with Crippen molar-refractivity contribution in [3.8, 4) is 0 Å². The lowest BCUT2D eigenvalue weighted by molar-refractivity contribution is -0.192. The third-order valence-electron chi connectivity index (χ3n) is 4.38. The molecule has 1 aliphatic heterocycles. The maximum Gasteiger partial charge on any atom is 0.490 e. The number of carboxylic acid groups (broad SMARTS) is 1. The van der Waals surface area contributed by atoms with Crippen molar-refractivity contribution in [3.05, 3.63) is 50.1 Å². The van der Waals surface area contributed by atoms with Crippen LogP contribution in [0.3, 0.4) is 0 Å². The number of nitrogens with zero attached hydrogens (tertiary/aromatic N) is 2. The molecule has 34 heavy (non-hydrogen) atoms. The van der Waals surface area contributed by atoms with Crippen LogP contribution in [0, 0.1) is 0 Å². The molecule has 186 valence electrons. The molecule has 0 aliphatic carbocycles. The fourth-order valence-corrected chi connectivity index (χ4v) is 3.95. The number of carbonyl (C=O) groups excluding carboxylic acids is 2. The summed E-state index contributed by atoms with van der Waals surface area (Å²) in [6.07, 6.45) is -10.0. The third kappa shape index (κ3) is 7.24. The average Bonchev–Trinajstić information content (AvgIpc) is 3.24. The van der Waals surface area contributed by atoms with E-state index < -0.39 is 29.0 Å². The minimum atomic E-state index is -5.08. The van der Waals surface area contributed by atoms with Crippen LogP contribution in [0.15, 0.2) is 30.3 Å². The van der Waals surface area contributed by atoms with Crippen LogP contribution in [0.4, 0.5) is 32.0 Å². The second-order valence-corrected chi connectivity index (χ2v) is 8.57. The lowest BCUT2D eigenvalue weighted by Crippen LogP contribution is -2.48. The third-order valence-corrected chi connectivity index (χ3v) is 6.19. The molecule has 15 heteroatoms. The van der Waals surface area contributed by atoms with E-state index in [1.165, 1.54) is 6.07 Å². The van der Waals surface area contributed by atoms with Gasteiger partial charge in [0.25, 0.3) is 11.7 Å². The van der Waals surface area contributed by atoms with Gasteiger partial charge in [0, 0.05) is 31.9 Å².